The van der Waals surface area contributed by atoms with Crippen molar-refractivity contribution in [1.82, 2.24) is 4.90 Å². The lowest BCUT2D eigenvalue weighted by Crippen LogP contribution is -2.25. The fraction of sp³-hybridized carbons (Fsp3) is 0.571. The maximum absolute atomic E-state index is 5.95. The van der Waals surface area contributed by atoms with Gasteiger partial charge in [-0.05, 0) is 45.0 Å². The first-order valence-corrected chi connectivity index (χ1v) is 7.36. The Morgan fingerprint density at radius 2 is 2.11 bits per heavy atom. The molecule has 2 rings (SSSR count). The minimum Gasteiger partial charge on any atom is -0.492 e. The first kappa shape index (κ1) is 13.8. The van der Waals surface area contributed by atoms with E-state index in [-0.39, 0.29) is 6.04 Å². The van der Waals surface area contributed by atoms with Gasteiger partial charge in [0.2, 0.25) is 0 Å². The summed E-state index contributed by atoms with van der Waals surface area (Å²) in [7, 11) is 0. The van der Waals surface area contributed by atoms with E-state index in [0.29, 0.717) is 0 Å². The van der Waals surface area contributed by atoms with Crippen molar-refractivity contribution in [2.45, 2.75) is 25.8 Å². The average molecular weight is 313 g/mol. The number of hydrogen-bond acceptors (Lipinski definition) is 3. The van der Waals surface area contributed by atoms with Gasteiger partial charge in [-0.3, -0.25) is 4.90 Å². The smallest absolute Gasteiger partial charge is 0.125 e. The van der Waals surface area contributed by atoms with Crippen LogP contribution in [0, 0.1) is 0 Å². The van der Waals surface area contributed by atoms with Crippen molar-refractivity contribution >= 4 is 15.9 Å². The predicted molar refractivity (Wildman–Crippen MR) is 77.9 cm³/mol. The summed E-state index contributed by atoms with van der Waals surface area (Å²) in [6, 6.07) is 6.04. The van der Waals surface area contributed by atoms with E-state index in [9.17, 15) is 0 Å². The van der Waals surface area contributed by atoms with E-state index in [1.807, 2.05) is 25.1 Å². The molecular weight excluding hydrogens is 292 g/mol. The zero-order chi connectivity index (χ0) is 13.0. The fourth-order valence-electron chi connectivity index (χ4n) is 2.30. The topological polar surface area (TPSA) is 38.5 Å². The van der Waals surface area contributed by atoms with Crippen LogP contribution >= 0.6 is 15.9 Å². The molecule has 1 heterocycles. The van der Waals surface area contributed by atoms with Gasteiger partial charge >= 0.3 is 0 Å². The van der Waals surface area contributed by atoms with Crippen LogP contribution in [0.2, 0.25) is 0 Å². The van der Waals surface area contributed by atoms with Gasteiger partial charge in [0.25, 0.3) is 0 Å². The first-order valence-electron chi connectivity index (χ1n) is 6.57. The van der Waals surface area contributed by atoms with Crippen molar-refractivity contribution in [2.75, 3.05) is 26.2 Å². The van der Waals surface area contributed by atoms with Gasteiger partial charge in [-0.1, -0.05) is 22.0 Å². The Balaban J connectivity index is 1.92. The molecule has 0 saturated carbocycles. The van der Waals surface area contributed by atoms with Crippen LogP contribution in [0.4, 0.5) is 0 Å². The van der Waals surface area contributed by atoms with Crippen molar-refractivity contribution in [3.63, 3.8) is 0 Å². The number of benzene rings is 1. The average Bonchev–Trinajstić information content (AvgIpc) is 2.82. The fourth-order valence-corrected chi connectivity index (χ4v) is 2.64. The lowest BCUT2D eigenvalue weighted by Gasteiger charge is -2.18. The summed E-state index contributed by atoms with van der Waals surface area (Å²) in [5, 5.41) is 0. The molecule has 4 heteroatoms. The SMILES string of the molecule is C[C@@H](N)c1ccc(Br)cc1OCCN1CCCC1. The van der Waals surface area contributed by atoms with Gasteiger partial charge in [0.1, 0.15) is 12.4 Å². The summed E-state index contributed by atoms with van der Waals surface area (Å²) >= 11 is 3.47. The largest absolute Gasteiger partial charge is 0.492 e. The van der Waals surface area contributed by atoms with E-state index >= 15 is 0 Å². The number of nitrogens with two attached hydrogens (primary N) is 1. The number of ether oxygens (including phenoxy) is 1. The normalized spacial score (nSPS) is 17.9. The van der Waals surface area contributed by atoms with Gasteiger partial charge in [-0.15, -0.1) is 0 Å². The Hall–Kier alpha value is -0.580. The van der Waals surface area contributed by atoms with E-state index in [2.05, 4.69) is 20.8 Å². The molecule has 0 spiro atoms. The molecule has 1 aliphatic rings. The maximum atomic E-state index is 5.95. The molecular formula is C14H21BrN2O. The summed E-state index contributed by atoms with van der Waals surface area (Å²) in [5.41, 5.74) is 7.02. The Morgan fingerprint density at radius 1 is 1.39 bits per heavy atom. The molecule has 0 aromatic heterocycles. The van der Waals surface area contributed by atoms with E-state index in [4.69, 9.17) is 10.5 Å². The molecule has 1 fully saturated rings. The molecule has 0 radical (unpaired) electrons. The summed E-state index contributed by atoms with van der Waals surface area (Å²) < 4.78 is 6.92. The van der Waals surface area contributed by atoms with Gasteiger partial charge in [-0.2, -0.15) is 0 Å². The van der Waals surface area contributed by atoms with Gasteiger partial charge in [-0.25, -0.2) is 0 Å². The van der Waals surface area contributed by atoms with Gasteiger partial charge in [0, 0.05) is 22.6 Å². The van der Waals surface area contributed by atoms with Crippen LogP contribution in [-0.4, -0.2) is 31.1 Å². The van der Waals surface area contributed by atoms with Crippen LogP contribution in [-0.2, 0) is 0 Å². The minimum absolute atomic E-state index is 0.000105. The number of hydrogen-bond donors (Lipinski definition) is 1. The third-order valence-electron chi connectivity index (χ3n) is 3.33. The highest BCUT2D eigenvalue weighted by Crippen LogP contribution is 2.27. The van der Waals surface area contributed by atoms with Gasteiger partial charge < -0.3 is 10.5 Å². The summed E-state index contributed by atoms with van der Waals surface area (Å²) in [4.78, 5) is 2.45. The van der Waals surface area contributed by atoms with Crippen molar-refractivity contribution in [2.24, 2.45) is 5.73 Å². The van der Waals surface area contributed by atoms with Crippen LogP contribution in [0.5, 0.6) is 5.75 Å². The molecule has 2 N–H and O–H groups in total. The second-order valence-corrected chi connectivity index (χ2v) is 5.78. The maximum Gasteiger partial charge on any atom is 0.125 e. The number of nitrogens with zero attached hydrogens (tertiary/aromatic N) is 1. The zero-order valence-corrected chi connectivity index (χ0v) is 12.4. The highest BCUT2D eigenvalue weighted by atomic mass is 79.9. The second-order valence-electron chi connectivity index (χ2n) is 4.87. The molecule has 3 nitrogen and oxygen atoms in total. The summed E-state index contributed by atoms with van der Waals surface area (Å²) in [6.07, 6.45) is 2.64. The van der Waals surface area contributed by atoms with Crippen molar-refractivity contribution in [3.8, 4) is 5.75 Å². The van der Waals surface area contributed by atoms with Crippen LogP contribution < -0.4 is 10.5 Å². The zero-order valence-electron chi connectivity index (χ0n) is 10.9. The number of rotatable bonds is 5. The monoisotopic (exact) mass is 312 g/mol. The lowest BCUT2D eigenvalue weighted by molar-refractivity contribution is 0.235. The quantitative estimate of drug-likeness (QED) is 0.908. The number of halogens is 1. The molecule has 1 aliphatic heterocycles. The summed E-state index contributed by atoms with van der Waals surface area (Å²) in [6.45, 7) is 6.14. The molecule has 1 atom stereocenters. The standard InChI is InChI=1S/C14H21BrN2O/c1-11(16)13-5-4-12(15)10-14(13)18-9-8-17-6-2-3-7-17/h4-5,10-11H,2-3,6-9,16H2,1H3/t11-/m1/s1. The third kappa shape index (κ3) is 3.70. The van der Waals surface area contributed by atoms with Gasteiger partial charge in [0.15, 0.2) is 0 Å². The first-order chi connectivity index (χ1) is 8.66. The molecule has 0 aliphatic carbocycles. The summed E-state index contributed by atoms with van der Waals surface area (Å²) in [5.74, 6) is 0.901. The molecule has 100 valence electrons. The van der Waals surface area contributed by atoms with E-state index in [1.165, 1.54) is 25.9 Å². The Labute approximate surface area is 117 Å². The molecule has 0 unspecified atom stereocenters. The molecule has 1 saturated heterocycles. The highest BCUT2D eigenvalue weighted by molar-refractivity contribution is 9.10. The van der Waals surface area contributed by atoms with E-state index in [0.717, 1.165) is 28.9 Å². The van der Waals surface area contributed by atoms with E-state index < -0.39 is 0 Å². The van der Waals surface area contributed by atoms with Gasteiger partial charge in [0.05, 0.1) is 0 Å². The van der Waals surface area contributed by atoms with Crippen LogP contribution in [0.15, 0.2) is 22.7 Å². The number of likely N-dealkylation sites (tertiary alicyclic amines) is 1. The Morgan fingerprint density at radius 3 is 2.78 bits per heavy atom. The molecule has 0 amide bonds. The van der Waals surface area contributed by atoms with Crippen molar-refractivity contribution in [1.29, 1.82) is 0 Å². The molecule has 18 heavy (non-hydrogen) atoms. The highest BCUT2D eigenvalue weighted by Gasteiger charge is 2.12. The van der Waals surface area contributed by atoms with Crippen molar-refractivity contribution < 1.29 is 4.74 Å². The third-order valence-corrected chi connectivity index (χ3v) is 3.82. The van der Waals surface area contributed by atoms with E-state index in [1.54, 1.807) is 0 Å². The van der Waals surface area contributed by atoms with Crippen LogP contribution in [0.25, 0.3) is 0 Å². The minimum atomic E-state index is -0.000105. The Bertz CT molecular complexity index is 389. The van der Waals surface area contributed by atoms with Crippen LogP contribution in [0.3, 0.4) is 0 Å². The van der Waals surface area contributed by atoms with Crippen LogP contribution in [0.1, 0.15) is 31.4 Å². The molecule has 1 aromatic carbocycles. The lowest BCUT2D eigenvalue weighted by atomic mass is 10.1. The predicted octanol–water partition coefficient (Wildman–Crippen LogP) is 2.94. The Kier molecular flexibility index (Phi) is 5.03. The molecule has 1 aromatic rings. The van der Waals surface area contributed by atoms with Crippen molar-refractivity contribution in [3.05, 3.63) is 28.2 Å². The molecule has 0 bridgehead atoms. The second kappa shape index (κ2) is 6.55.